The van der Waals surface area contributed by atoms with Crippen molar-refractivity contribution in [2.75, 3.05) is 18.2 Å². The summed E-state index contributed by atoms with van der Waals surface area (Å²) < 4.78 is 17.7. The van der Waals surface area contributed by atoms with Gasteiger partial charge in [-0.25, -0.2) is 14.2 Å². The molecule has 3 aromatic rings. The molecule has 3 rings (SSSR count). The van der Waals surface area contributed by atoms with Crippen molar-refractivity contribution in [3.8, 4) is 0 Å². The number of aromatic nitrogens is 2. The van der Waals surface area contributed by atoms with E-state index in [1.54, 1.807) is 43.3 Å². The molecule has 0 saturated heterocycles. The quantitative estimate of drug-likeness (QED) is 0.331. The van der Waals surface area contributed by atoms with Gasteiger partial charge in [0, 0.05) is 23.4 Å². The summed E-state index contributed by atoms with van der Waals surface area (Å²) >= 11 is 1.10. The number of halogens is 1. The minimum atomic E-state index is -0.457. The number of carbonyl (C=O) groups excluding carboxylic acids is 2. The minimum Gasteiger partial charge on any atom is -0.465 e. The average molecular weight is 441 g/mol. The third-order valence-electron chi connectivity index (χ3n) is 4.42. The molecule has 0 spiro atoms. The summed E-state index contributed by atoms with van der Waals surface area (Å²) in [5, 5.41) is 3.05. The number of benzene rings is 2. The van der Waals surface area contributed by atoms with Gasteiger partial charge in [0.25, 0.3) is 5.56 Å². The highest BCUT2D eigenvalue weighted by Gasteiger charge is 2.12. The van der Waals surface area contributed by atoms with E-state index >= 15 is 0 Å². The van der Waals surface area contributed by atoms with Crippen LogP contribution in [0.5, 0.6) is 0 Å². The summed E-state index contributed by atoms with van der Waals surface area (Å²) in [5.41, 5.74) is 2.46. The number of anilines is 1. The van der Waals surface area contributed by atoms with Crippen LogP contribution in [0.1, 0.15) is 27.2 Å². The van der Waals surface area contributed by atoms with Crippen LogP contribution in [0, 0.1) is 12.7 Å². The second-order valence-corrected chi connectivity index (χ2v) is 7.61. The molecule has 0 radical (unpaired) electrons. The van der Waals surface area contributed by atoms with Gasteiger partial charge in [0.05, 0.1) is 18.4 Å². The molecular weight excluding hydrogens is 421 g/mol. The maximum atomic E-state index is 13.1. The number of nitrogens with zero attached hydrogens (tertiary/aromatic N) is 1. The van der Waals surface area contributed by atoms with Gasteiger partial charge in [-0.15, -0.1) is 0 Å². The van der Waals surface area contributed by atoms with E-state index in [1.807, 2.05) is 0 Å². The highest BCUT2D eigenvalue weighted by molar-refractivity contribution is 7.99. The van der Waals surface area contributed by atoms with Crippen LogP contribution >= 0.6 is 11.8 Å². The number of carbonyl (C=O) groups is 2. The first-order valence-electron chi connectivity index (χ1n) is 9.31. The molecule has 1 amide bonds. The maximum absolute atomic E-state index is 13.1. The Morgan fingerprint density at radius 3 is 2.42 bits per heavy atom. The monoisotopic (exact) mass is 441 g/mol. The zero-order valence-electron chi connectivity index (χ0n) is 16.9. The van der Waals surface area contributed by atoms with Crippen LogP contribution in [0.25, 0.3) is 0 Å². The van der Waals surface area contributed by atoms with Gasteiger partial charge in [-0.3, -0.25) is 9.59 Å². The Morgan fingerprint density at radius 1 is 1.13 bits per heavy atom. The van der Waals surface area contributed by atoms with Crippen molar-refractivity contribution in [2.24, 2.45) is 0 Å². The molecule has 160 valence electrons. The fourth-order valence-corrected chi connectivity index (χ4v) is 3.51. The maximum Gasteiger partial charge on any atom is 0.337 e. The molecule has 0 saturated carbocycles. The Bertz CT molecular complexity index is 1140. The highest BCUT2D eigenvalue weighted by Crippen LogP contribution is 2.16. The smallest absolute Gasteiger partial charge is 0.337 e. The van der Waals surface area contributed by atoms with Crippen LogP contribution in [0.15, 0.2) is 58.5 Å². The molecule has 2 aromatic carbocycles. The van der Waals surface area contributed by atoms with Gasteiger partial charge in [0.1, 0.15) is 5.82 Å². The number of hydrogen-bond donors (Lipinski definition) is 2. The van der Waals surface area contributed by atoms with Crippen molar-refractivity contribution in [1.82, 2.24) is 9.97 Å². The molecule has 1 heterocycles. The Kier molecular flexibility index (Phi) is 7.19. The summed E-state index contributed by atoms with van der Waals surface area (Å²) in [6.45, 7) is 1.72. The molecule has 9 heteroatoms. The van der Waals surface area contributed by atoms with E-state index in [4.69, 9.17) is 0 Å². The van der Waals surface area contributed by atoms with E-state index in [2.05, 4.69) is 20.0 Å². The van der Waals surface area contributed by atoms with Crippen LogP contribution in [0.4, 0.5) is 10.1 Å². The number of esters is 1. The topological polar surface area (TPSA) is 101 Å². The molecule has 0 unspecified atom stereocenters. The van der Waals surface area contributed by atoms with Gasteiger partial charge in [-0.05, 0) is 48.9 Å². The molecular formula is C22H20FN3O4S. The lowest BCUT2D eigenvalue weighted by molar-refractivity contribution is -0.113. The minimum absolute atomic E-state index is 0.0401. The van der Waals surface area contributed by atoms with Crippen molar-refractivity contribution in [1.29, 1.82) is 0 Å². The molecule has 31 heavy (non-hydrogen) atoms. The zero-order valence-corrected chi connectivity index (χ0v) is 17.7. The van der Waals surface area contributed by atoms with Crippen LogP contribution < -0.4 is 10.9 Å². The Balaban J connectivity index is 1.60. The van der Waals surface area contributed by atoms with Gasteiger partial charge >= 0.3 is 5.97 Å². The molecule has 0 atom stereocenters. The number of H-pyrrole nitrogens is 1. The molecule has 0 aliphatic carbocycles. The predicted octanol–water partition coefficient (Wildman–Crippen LogP) is 3.33. The van der Waals surface area contributed by atoms with Crippen molar-refractivity contribution in [2.45, 2.75) is 18.5 Å². The lowest BCUT2D eigenvalue weighted by Gasteiger charge is -2.08. The molecule has 0 aliphatic rings. The number of nitrogens with one attached hydrogen (secondary N) is 2. The van der Waals surface area contributed by atoms with Crippen LogP contribution in [-0.2, 0) is 16.0 Å². The molecule has 0 aliphatic heterocycles. The number of hydrogen-bond acceptors (Lipinski definition) is 6. The van der Waals surface area contributed by atoms with E-state index < -0.39 is 5.97 Å². The Hall–Kier alpha value is -3.46. The highest BCUT2D eigenvalue weighted by atomic mass is 32.2. The van der Waals surface area contributed by atoms with E-state index in [0.29, 0.717) is 34.1 Å². The standard InChI is InChI=1S/C22H20FN3O4S/c1-13-18(11-14-3-7-16(23)8-4-14)20(28)26-22(24-13)31-12-19(27)25-17-9-5-15(6-10-17)21(29)30-2/h3-10H,11-12H2,1-2H3,(H,25,27)(H,24,26,28). The predicted molar refractivity (Wildman–Crippen MR) is 116 cm³/mol. The van der Waals surface area contributed by atoms with Crippen molar-refractivity contribution in [3.63, 3.8) is 0 Å². The van der Waals surface area contributed by atoms with Crippen LogP contribution in [0.3, 0.4) is 0 Å². The second kappa shape index (κ2) is 10.0. The summed E-state index contributed by atoms with van der Waals surface area (Å²) in [7, 11) is 1.30. The van der Waals surface area contributed by atoms with Gasteiger partial charge in [0.15, 0.2) is 5.16 Å². The Labute approximate surface area is 182 Å². The molecule has 0 bridgehead atoms. The van der Waals surface area contributed by atoms with Gasteiger partial charge in [0.2, 0.25) is 5.91 Å². The number of aryl methyl sites for hydroxylation is 1. The van der Waals surface area contributed by atoms with Crippen molar-refractivity contribution >= 4 is 29.3 Å². The zero-order chi connectivity index (χ0) is 22.4. The first-order chi connectivity index (χ1) is 14.9. The molecule has 1 aromatic heterocycles. The SMILES string of the molecule is COC(=O)c1ccc(NC(=O)CSc2nc(C)c(Cc3ccc(F)cc3)c(=O)[nH]2)cc1. The van der Waals surface area contributed by atoms with Gasteiger partial charge in [-0.2, -0.15) is 0 Å². The third-order valence-corrected chi connectivity index (χ3v) is 5.30. The number of methoxy groups -OCH3 is 1. The third kappa shape index (κ3) is 6.02. The van der Waals surface area contributed by atoms with E-state index in [0.717, 1.165) is 17.3 Å². The summed E-state index contributed by atoms with van der Waals surface area (Å²) in [5.74, 6) is -1.04. The first-order valence-corrected chi connectivity index (χ1v) is 10.3. The van der Waals surface area contributed by atoms with Gasteiger partial charge in [-0.1, -0.05) is 23.9 Å². The van der Waals surface area contributed by atoms with E-state index in [-0.39, 0.29) is 23.0 Å². The van der Waals surface area contributed by atoms with Crippen molar-refractivity contribution < 1.29 is 18.7 Å². The Morgan fingerprint density at radius 2 is 1.81 bits per heavy atom. The largest absolute Gasteiger partial charge is 0.465 e. The number of thioether (sulfide) groups is 1. The van der Waals surface area contributed by atoms with Crippen molar-refractivity contribution in [3.05, 3.63) is 87.1 Å². The average Bonchev–Trinajstić information content (AvgIpc) is 2.76. The van der Waals surface area contributed by atoms with E-state index in [1.165, 1.54) is 19.2 Å². The fourth-order valence-electron chi connectivity index (χ4n) is 2.81. The number of amides is 1. The fraction of sp³-hybridized carbons (Fsp3) is 0.182. The summed E-state index contributed by atoms with van der Waals surface area (Å²) in [4.78, 5) is 43.1. The normalized spacial score (nSPS) is 10.5. The lowest BCUT2D eigenvalue weighted by Crippen LogP contribution is -2.19. The first kappa shape index (κ1) is 22.2. The van der Waals surface area contributed by atoms with Crippen LogP contribution in [0.2, 0.25) is 0 Å². The number of rotatable bonds is 7. The number of ether oxygens (including phenoxy) is 1. The lowest BCUT2D eigenvalue weighted by atomic mass is 10.1. The second-order valence-electron chi connectivity index (χ2n) is 6.64. The molecule has 0 fully saturated rings. The number of aromatic amines is 1. The van der Waals surface area contributed by atoms with Gasteiger partial charge < -0.3 is 15.0 Å². The molecule has 2 N–H and O–H groups in total. The summed E-state index contributed by atoms with van der Waals surface area (Å²) in [6, 6.07) is 12.2. The van der Waals surface area contributed by atoms with Crippen LogP contribution in [-0.4, -0.2) is 34.7 Å². The molecule has 7 nitrogen and oxygen atoms in total. The van der Waals surface area contributed by atoms with E-state index in [9.17, 15) is 18.8 Å². The summed E-state index contributed by atoms with van der Waals surface area (Å²) in [6.07, 6.45) is 0.335.